The van der Waals surface area contributed by atoms with E-state index in [-0.39, 0.29) is 0 Å². The zero-order valence-electron chi connectivity index (χ0n) is 64.9. The molecule has 0 aliphatic rings. The van der Waals surface area contributed by atoms with Gasteiger partial charge in [-0.15, -0.1) is 0 Å². The van der Waals surface area contributed by atoms with E-state index in [4.69, 9.17) is 0 Å². The minimum Gasteiger partial charge on any atom is -0.0622 e. The van der Waals surface area contributed by atoms with E-state index in [1.807, 2.05) is 0 Å². The minimum atomic E-state index is 1.23. The van der Waals surface area contributed by atoms with Gasteiger partial charge in [-0.3, -0.25) is 0 Å². The molecule has 0 saturated heterocycles. The maximum Gasteiger partial charge on any atom is -0.00201 e. The van der Waals surface area contributed by atoms with Crippen LogP contribution in [0, 0.1) is 0 Å². The maximum absolute atomic E-state index is 2.34. The van der Waals surface area contributed by atoms with Gasteiger partial charge in [0.2, 0.25) is 0 Å². The topological polar surface area (TPSA) is 0 Å². The second-order valence-corrected chi connectivity index (χ2v) is 31.1. The van der Waals surface area contributed by atoms with Gasteiger partial charge in [0, 0.05) is 0 Å². The van der Waals surface area contributed by atoms with Crippen molar-refractivity contribution in [1.82, 2.24) is 0 Å². The third kappa shape index (κ3) is 12.1. The summed E-state index contributed by atoms with van der Waals surface area (Å²) in [5.41, 5.74) is 20.3. The van der Waals surface area contributed by atoms with Crippen molar-refractivity contribution in [3.63, 3.8) is 0 Å². The van der Waals surface area contributed by atoms with Crippen molar-refractivity contribution in [2.24, 2.45) is 0 Å². The average Bonchev–Trinajstić information content (AvgIpc) is 0.708. The summed E-state index contributed by atoms with van der Waals surface area (Å²) in [4.78, 5) is 0. The van der Waals surface area contributed by atoms with Crippen LogP contribution >= 0.6 is 0 Å². The SMILES string of the molecule is c1ccc(-c2c3ccccc3c(-c3ccc(-c4cc5ccccc5c5ccccc45)cc3)c3ccccc23)cc1.c1ccc2c(-c3c4ccccc4c(-c4ccc(-c5cc6ccccc6c6ccccc56)cc4)c4ccccc34)cccc2c1.c1ccc2cc(-c3c4ccccc4c(-c4ccc5ccccc5c4)c4ccccc34)ccc2c1. The fourth-order valence-electron chi connectivity index (χ4n) is 19.2. The molecular weight excluding hydrogens is 1420 g/mol. The van der Waals surface area contributed by atoms with Crippen molar-refractivity contribution >= 4 is 140 Å². The molecule has 24 rings (SSSR count). The molecule has 0 nitrogen and oxygen atoms in total. The fraction of sp³-hybridized carbons (Fsp3) is 0. The molecule has 0 amide bonds. The fourth-order valence-corrected chi connectivity index (χ4v) is 19.2. The predicted octanol–water partition coefficient (Wildman–Crippen LogP) is 33.4. The zero-order valence-corrected chi connectivity index (χ0v) is 64.9. The molecule has 0 saturated carbocycles. The van der Waals surface area contributed by atoms with Crippen LogP contribution in [0.5, 0.6) is 0 Å². The summed E-state index contributed by atoms with van der Waals surface area (Å²) in [6.07, 6.45) is 0. The monoisotopic (exact) mass is 1490 g/mol. The van der Waals surface area contributed by atoms with Crippen molar-refractivity contribution in [3.8, 4) is 89.0 Å². The van der Waals surface area contributed by atoms with E-state index in [1.54, 1.807) is 0 Å². The number of hydrogen-bond acceptors (Lipinski definition) is 0. The van der Waals surface area contributed by atoms with Gasteiger partial charge in [0.15, 0.2) is 0 Å². The molecule has 0 unspecified atom stereocenters. The summed E-state index contributed by atoms with van der Waals surface area (Å²) in [7, 11) is 0. The van der Waals surface area contributed by atoms with Gasteiger partial charge in [-0.1, -0.05) is 437 Å². The molecule has 0 fully saturated rings. The van der Waals surface area contributed by atoms with E-state index in [0.29, 0.717) is 0 Å². The Hall–Kier alpha value is -15.3. The number of fused-ring (bicyclic) bond motifs is 15. The van der Waals surface area contributed by atoms with Gasteiger partial charge in [-0.05, 0) is 253 Å². The van der Waals surface area contributed by atoms with Crippen LogP contribution in [0.25, 0.3) is 229 Å². The van der Waals surface area contributed by atoms with Crippen molar-refractivity contribution in [2.75, 3.05) is 0 Å². The second-order valence-electron chi connectivity index (χ2n) is 31.1. The van der Waals surface area contributed by atoms with Crippen LogP contribution in [0.3, 0.4) is 0 Å². The molecule has 0 aliphatic heterocycles. The smallest absolute Gasteiger partial charge is 0.00201 e. The molecule has 0 atom stereocenters. The molecule has 0 N–H and O–H groups in total. The molecule has 0 radical (unpaired) electrons. The Bertz CT molecular complexity index is 7770. The molecule has 118 heavy (non-hydrogen) atoms. The Morgan fingerprint density at radius 1 is 0.0847 bits per heavy atom. The van der Waals surface area contributed by atoms with E-state index in [9.17, 15) is 0 Å². The van der Waals surface area contributed by atoms with E-state index >= 15 is 0 Å². The number of hydrogen-bond donors (Lipinski definition) is 0. The summed E-state index contributed by atoms with van der Waals surface area (Å²) >= 11 is 0. The van der Waals surface area contributed by atoms with Gasteiger partial charge >= 0.3 is 0 Å². The molecule has 0 aromatic heterocycles. The zero-order chi connectivity index (χ0) is 78.0. The molecule has 548 valence electrons. The third-order valence-corrected chi connectivity index (χ3v) is 24.5. The second kappa shape index (κ2) is 29.6. The molecule has 0 spiro atoms. The summed E-state index contributed by atoms with van der Waals surface area (Å²) in [6.45, 7) is 0. The van der Waals surface area contributed by atoms with Crippen molar-refractivity contribution in [1.29, 1.82) is 0 Å². The maximum atomic E-state index is 2.34. The number of rotatable bonds is 8. The molecule has 0 heterocycles. The van der Waals surface area contributed by atoms with E-state index < -0.39 is 0 Å². The van der Waals surface area contributed by atoms with E-state index in [2.05, 4.69) is 461 Å². The van der Waals surface area contributed by atoms with Crippen LogP contribution in [-0.4, -0.2) is 0 Å². The van der Waals surface area contributed by atoms with E-state index in [0.717, 1.165) is 0 Å². The Kier molecular flexibility index (Phi) is 17.4. The van der Waals surface area contributed by atoms with Crippen LogP contribution in [0.4, 0.5) is 0 Å². The molecule has 0 aliphatic carbocycles. The average molecular weight is 1490 g/mol. The van der Waals surface area contributed by atoms with Crippen LogP contribution in [0.1, 0.15) is 0 Å². The molecule has 0 bridgehead atoms. The Morgan fingerprint density at radius 3 is 0.669 bits per heavy atom. The lowest BCUT2D eigenvalue weighted by molar-refractivity contribution is 1.64. The highest BCUT2D eigenvalue weighted by atomic mass is 14.3. The molecule has 0 heteroatoms. The Labute approximate surface area is 685 Å². The summed E-state index contributed by atoms with van der Waals surface area (Å²) in [5, 5.41) is 33.3. The first kappa shape index (κ1) is 69.4. The quantitative estimate of drug-likeness (QED) is 0.105. The Balaban J connectivity index is 0.000000108. The van der Waals surface area contributed by atoms with Crippen LogP contribution in [-0.2, 0) is 0 Å². The van der Waals surface area contributed by atoms with Crippen molar-refractivity contribution in [2.45, 2.75) is 0 Å². The van der Waals surface area contributed by atoms with Crippen LogP contribution in [0.2, 0.25) is 0 Å². The van der Waals surface area contributed by atoms with Gasteiger partial charge in [0.1, 0.15) is 0 Å². The highest BCUT2D eigenvalue weighted by molar-refractivity contribution is 6.26. The highest BCUT2D eigenvalue weighted by Gasteiger charge is 2.23. The molecule has 24 aromatic rings. The Morgan fingerprint density at radius 2 is 0.314 bits per heavy atom. The van der Waals surface area contributed by atoms with E-state index in [1.165, 1.54) is 229 Å². The van der Waals surface area contributed by atoms with Gasteiger partial charge in [0.25, 0.3) is 0 Å². The van der Waals surface area contributed by atoms with Gasteiger partial charge in [-0.2, -0.15) is 0 Å². The lowest BCUT2D eigenvalue weighted by Crippen LogP contribution is -1.91. The summed E-state index contributed by atoms with van der Waals surface area (Å²) in [6, 6.07) is 168. The van der Waals surface area contributed by atoms with Gasteiger partial charge in [-0.25, -0.2) is 0 Å². The minimum absolute atomic E-state index is 1.23. The van der Waals surface area contributed by atoms with Gasteiger partial charge < -0.3 is 0 Å². The normalized spacial score (nSPS) is 11.6. The number of benzene rings is 24. The molecular formula is C118H76. The van der Waals surface area contributed by atoms with Crippen molar-refractivity contribution < 1.29 is 0 Å². The summed E-state index contributed by atoms with van der Waals surface area (Å²) in [5.74, 6) is 0. The van der Waals surface area contributed by atoms with Crippen LogP contribution in [0.15, 0.2) is 461 Å². The standard InChI is InChI=1S/C44H28.C40H26.C34H22/c1-3-15-33-29(12-1)14-11-23-37(33)44-40-21-9-7-19-38(40)43(39-20-8-10-22-41(39)44)31-26-24-30(25-27-31)42-28-32-13-2-4-16-34(32)35-17-5-6-18-36(35)42;1-2-12-28(13-3-1)39-34-18-8-10-20-36(34)40(37-21-11-9-19-35(37)39)29-24-22-27(23-25-29)38-26-30-14-4-5-15-31(30)32-16-6-7-17-33(32)38;1-3-11-25-21-27(19-17-23(25)9-1)33-29-13-5-7-15-31(29)34(32-16-8-6-14-30(32)33)28-20-18-24-10-2-4-12-26(24)22-28/h1-28H;1-26H;1-22H. The van der Waals surface area contributed by atoms with Crippen molar-refractivity contribution in [3.05, 3.63) is 461 Å². The predicted molar refractivity (Wildman–Crippen MR) is 510 cm³/mol. The molecule has 24 aromatic carbocycles. The first-order valence-corrected chi connectivity index (χ1v) is 40.9. The highest BCUT2D eigenvalue weighted by Crippen LogP contribution is 2.50. The first-order valence-electron chi connectivity index (χ1n) is 40.9. The largest absolute Gasteiger partial charge is 0.0622 e. The van der Waals surface area contributed by atoms with Crippen LogP contribution < -0.4 is 0 Å². The lowest BCUT2D eigenvalue weighted by Gasteiger charge is -2.19. The first-order chi connectivity index (χ1) is 58.6. The lowest BCUT2D eigenvalue weighted by atomic mass is 9.84. The third-order valence-electron chi connectivity index (χ3n) is 24.5. The van der Waals surface area contributed by atoms with Gasteiger partial charge in [0.05, 0.1) is 0 Å². The summed E-state index contributed by atoms with van der Waals surface area (Å²) < 4.78 is 0.